The predicted octanol–water partition coefficient (Wildman–Crippen LogP) is 0.563. The molecule has 0 aliphatic carbocycles. The number of amides is 2. The third kappa shape index (κ3) is 3.51. The maximum atomic E-state index is 12.3. The third-order valence-corrected chi connectivity index (χ3v) is 3.99. The molecule has 1 aliphatic rings. The monoisotopic (exact) mass is 326 g/mol. The molecule has 1 aromatic heterocycles. The topological polar surface area (TPSA) is 86.4 Å². The van der Waals surface area contributed by atoms with Gasteiger partial charge in [-0.15, -0.1) is 0 Å². The number of rotatable bonds is 3. The summed E-state index contributed by atoms with van der Waals surface area (Å²) in [5.74, 6) is -0.450. The van der Waals surface area contributed by atoms with Crippen molar-refractivity contribution in [1.29, 1.82) is 0 Å². The van der Waals surface area contributed by atoms with Gasteiger partial charge >= 0.3 is 0 Å². The van der Waals surface area contributed by atoms with E-state index < -0.39 is 0 Å². The molecule has 1 aromatic carbocycles. The highest BCUT2D eigenvalue weighted by molar-refractivity contribution is 5.95. The van der Waals surface area contributed by atoms with Crippen molar-refractivity contribution in [3.05, 3.63) is 63.8 Å². The molecule has 7 heteroatoms. The fourth-order valence-corrected chi connectivity index (χ4v) is 2.58. The molecule has 2 amide bonds. The number of hydrogen-bond donors (Lipinski definition) is 1. The van der Waals surface area contributed by atoms with E-state index in [1.807, 2.05) is 31.2 Å². The van der Waals surface area contributed by atoms with E-state index in [0.717, 1.165) is 11.8 Å². The van der Waals surface area contributed by atoms with Crippen LogP contribution >= 0.6 is 0 Å². The lowest BCUT2D eigenvalue weighted by Gasteiger charge is -2.34. The summed E-state index contributed by atoms with van der Waals surface area (Å²) in [5.41, 5.74) is 2.00. The van der Waals surface area contributed by atoms with Crippen LogP contribution in [-0.2, 0) is 11.3 Å². The molecule has 7 nitrogen and oxygen atoms in total. The fourth-order valence-electron chi connectivity index (χ4n) is 2.58. The lowest BCUT2D eigenvalue weighted by Crippen LogP contribution is -2.52. The number of carbonyl (C=O) groups is 2. The van der Waals surface area contributed by atoms with Crippen LogP contribution in [0.3, 0.4) is 0 Å². The minimum atomic E-state index is -0.370. The molecule has 0 spiro atoms. The maximum absolute atomic E-state index is 12.3. The summed E-state index contributed by atoms with van der Waals surface area (Å²) in [7, 11) is 0. The van der Waals surface area contributed by atoms with Crippen molar-refractivity contribution >= 4 is 11.8 Å². The van der Waals surface area contributed by atoms with E-state index in [-0.39, 0.29) is 29.6 Å². The van der Waals surface area contributed by atoms with E-state index in [1.54, 1.807) is 4.90 Å². The standard InChI is InChI=1S/C17H18N4O3/c1-12-2-4-13(5-3-12)10-20-6-7-21(11-16(20)23)17(24)14-8-19-15(22)9-18-14/h2-5,8-9H,6-7,10-11H2,1H3,(H,19,22). The zero-order valence-electron chi connectivity index (χ0n) is 13.4. The van der Waals surface area contributed by atoms with Gasteiger partial charge in [0.15, 0.2) is 0 Å². The molecular weight excluding hydrogens is 308 g/mol. The van der Waals surface area contributed by atoms with Crippen molar-refractivity contribution in [2.75, 3.05) is 19.6 Å². The van der Waals surface area contributed by atoms with Gasteiger partial charge in [-0.1, -0.05) is 29.8 Å². The zero-order chi connectivity index (χ0) is 17.1. The van der Waals surface area contributed by atoms with Crippen LogP contribution in [-0.4, -0.2) is 51.2 Å². The first kappa shape index (κ1) is 15.9. The van der Waals surface area contributed by atoms with Crippen molar-refractivity contribution in [1.82, 2.24) is 19.8 Å². The lowest BCUT2D eigenvalue weighted by atomic mass is 10.1. The number of hydrogen-bond acceptors (Lipinski definition) is 4. The van der Waals surface area contributed by atoms with Gasteiger partial charge in [0.25, 0.3) is 11.5 Å². The van der Waals surface area contributed by atoms with Gasteiger partial charge in [0.1, 0.15) is 12.2 Å². The van der Waals surface area contributed by atoms with Gasteiger partial charge in [0.2, 0.25) is 5.91 Å². The molecule has 2 aromatic rings. The van der Waals surface area contributed by atoms with E-state index in [1.165, 1.54) is 16.7 Å². The van der Waals surface area contributed by atoms with Gasteiger partial charge < -0.3 is 14.8 Å². The normalized spacial score (nSPS) is 14.8. The highest BCUT2D eigenvalue weighted by Gasteiger charge is 2.28. The van der Waals surface area contributed by atoms with Gasteiger partial charge in [-0.2, -0.15) is 0 Å². The second-order valence-corrected chi connectivity index (χ2v) is 5.82. The first-order valence-corrected chi connectivity index (χ1v) is 7.70. The number of aryl methyl sites for hydroxylation is 1. The highest BCUT2D eigenvalue weighted by atomic mass is 16.2. The Morgan fingerprint density at radius 2 is 1.96 bits per heavy atom. The Kier molecular flexibility index (Phi) is 4.41. The second-order valence-electron chi connectivity index (χ2n) is 5.82. The number of piperazine rings is 1. The Labute approximate surface area is 138 Å². The number of nitrogens with one attached hydrogen (secondary N) is 1. The SMILES string of the molecule is Cc1ccc(CN2CCN(C(=O)c3c[nH]c(=O)cn3)CC2=O)cc1. The number of aromatic nitrogens is 2. The molecule has 124 valence electrons. The van der Waals surface area contributed by atoms with Crippen LogP contribution < -0.4 is 5.56 Å². The Bertz CT molecular complexity index is 793. The van der Waals surface area contributed by atoms with Crippen molar-refractivity contribution in [3.63, 3.8) is 0 Å². The van der Waals surface area contributed by atoms with Crippen molar-refractivity contribution in [2.24, 2.45) is 0 Å². The van der Waals surface area contributed by atoms with Gasteiger partial charge in [-0.3, -0.25) is 14.4 Å². The van der Waals surface area contributed by atoms with Crippen LogP contribution in [0.2, 0.25) is 0 Å². The molecule has 1 N–H and O–H groups in total. The summed E-state index contributed by atoms with van der Waals surface area (Å²) in [6.45, 7) is 3.49. The quantitative estimate of drug-likeness (QED) is 0.893. The van der Waals surface area contributed by atoms with Crippen LogP contribution in [0.25, 0.3) is 0 Å². The Balaban J connectivity index is 1.63. The summed E-state index contributed by atoms with van der Waals surface area (Å²) >= 11 is 0. The predicted molar refractivity (Wildman–Crippen MR) is 87.4 cm³/mol. The first-order valence-electron chi connectivity index (χ1n) is 7.70. The van der Waals surface area contributed by atoms with Crippen LogP contribution in [0.5, 0.6) is 0 Å². The van der Waals surface area contributed by atoms with E-state index in [2.05, 4.69) is 9.97 Å². The second kappa shape index (κ2) is 6.66. The molecular formula is C17H18N4O3. The molecule has 0 saturated carbocycles. The fraction of sp³-hybridized carbons (Fsp3) is 0.294. The molecule has 0 unspecified atom stereocenters. The molecule has 2 heterocycles. The summed E-state index contributed by atoms with van der Waals surface area (Å²) in [5, 5.41) is 0. The molecule has 24 heavy (non-hydrogen) atoms. The summed E-state index contributed by atoms with van der Waals surface area (Å²) in [6.07, 6.45) is 2.33. The Hall–Kier alpha value is -2.96. The Morgan fingerprint density at radius 3 is 2.58 bits per heavy atom. The first-order chi connectivity index (χ1) is 11.5. The van der Waals surface area contributed by atoms with Gasteiger partial charge in [-0.25, -0.2) is 4.98 Å². The number of benzene rings is 1. The van der Waals surface area contributed by atoms with E-state index in [4.69, 9.17) is 0 Å². The largest absolute Gasteiger partial charge is 0.335 e. The van der Waals surface area contributed by atoms with E-state index >= 15 is 0 Å². The highest BCUT2D eigenvalue weighted by Crippen LogP contribution is 2.12. The summed E-state index contributed by atoms with van der Waals surface area (Å²) < 4.78 is 0. The average molecular weight is 326 g/mol. The van der Waals surface area contributed by atoms with Gasteiger partial charge in [0, 0.05) is 25.8 Å². The van der Waals surface area contributed by atoms with Crippen LogP contribution in [0, 0.1) is 6.92 Å². The maximum Gasteiger partial charge on any atom is 0.274 e. The number of aromatic amines is 1. The van der Waals surface area contributed by atoms with Crippen LogP contribution in [0.1, 0.15) is 21.6 Å². The van der Waals surface area contributed by atoms with Crippen molar-refractivity contribution in [2.45, 2.75) is 13.5 Å². The third-order valence-electron chi connectivity index (χ3n) is 3.99. The minimum Gasteiger partial charge on any atom is -0.335 e. The Morgan fingerprint density at radius 1 is 1.21 bits per heavy atom. The molecule has 3 rings (SSSR count). The lowest BCUT2D eigenvalue weighted by molar-refractivity contribution is -0.135. The van der Waals surface area contributed by atoms with Crippen molar-refractivity contribution in [3.8, 4) is 0 Å². The molecule has 1 saturated heterocycles. The summed E-state index contributed by atoms with van der Waals surface area (Å²) in [4.78, 5) is 45.1. The number of H-pyrrole nitrogens is 1. The van der Waals surface area contributed by atoms with Gasteiger partial charge in [-0.05, 0) is 12.5 Å². The van der Waals surface area contributed by atoms with Crippen molar-refractivity contribution < 1.29 is 9.59 Å². The smallest absolute Gasteiger partial charge is 0.274 e. The molecule has 0 radical (unpaired) electrons. The van der Waals surface area contributed by atoms with Crippen LogP contribution in [0.4, 0.5) is 0 Å². The minimum absolute atomic E-state index is 0.0193. The zero-order valence-corrected chi connectivity index (χ0v) is 13.4. The molecule has 0 atom stereocenters. The summed E-state index contributed by atoms with van der Waals surface area (Å²) in [6, 6.07) is 8.04. The molecule has 1 fully saturated rings. The molecule has 1 aliphatic heterocycles. The van der Waals surface area contributed by atoms with E-state index in [9.17, 15) is 14.4 Å². The van der Waals surface area contributed by atoms with E-state index in [0.29, 0.717) is 19.6 Å². The number of nitrogens with zero attached hydrogens (tertiary/aromatic N) is 3. The number of carbonyl (C=O) groups excluding carboxylic acids is 2. The molecule has 0 bridgehead atoms. The van der Waals surface area contributed by atoms with Crippen LogP contribution in [0.15, 0.2) is 41.5 Å². The average Bonchev–Trinajstić information content (AvgIpc) is 2.58. The van der Waals surface area contributed by atoms with Gasteiger partial charge in [0.05, 0.1) is 6.20 Å².